The third kappa shape index (κ3) is 4.04. The van der Waals surface area contributed by atoms with Gasteiger partial charge in [-0.25, -0.2) is 14.4 Å². The summed E-state index contributed by atoms with van der Waals surface area (Å²) in [6.07, 6.45) is 3.98. The zero-order chi connectivity index (χ0) is 19.8. The summed E-state index contributed by atoms with van der Waals surface area (Å²) in [5, 5.41) is 0. The second-order valence-electron chi connectivity index (χ2n) is 8.64. The van der Waals surface area contributed by atoms with Gasteiger partial charge in [-0.05, 0) is 58.4 Å². The zero-order valence-electron chi connectivity index (χ0n) is 17.4. The number of halogens is 1. The Morgan fingerprint density at radius 3 is 2.33 bits per heavy atom. The maximum Gasteiger partial charge on any atom is 0.525 e. The van der Waals surface area contributed by atoms with E-state index in [2.05, 4.69) is 34.8 Å². The quantitative estimate of drug-likeness (QED) is 0.728. The Bertz CT molecular complexity index is 697. The third-order valence-electron chi connectivity index (χ3n) is 6.28. The predicted octanol–water partition coefficient (Wildman–Crippen LogP) is 4.45. The Kier molecular flexibility index (Phi) is 5.64. The molecule has 2 fully saturated rings. The smallest absolute Gasteiger partial charge is 0.398 e. The van der Waals surface area contributed by atoms with Gasteiger partial charge in [-0.3, -0.25) is 0 Å². The molecule has 2 aliphatic heterocycles. The number of hydrogen-bond acceptors (Lipinski definition) is 5. The normalized spacial score (nSPS) is 22.9. The van der Waals surface area contributed by atoms with E-state index < -0.39 is 18.3 Å². The van der Waals surface area contributed by atoms with Crippen molar-refractivity contribution in [1.82, 2.24) is 9.97 Å². The van der Waals surface area contributed by atoms with E-state index in [0.29, 0.717) is 18.8 Å². The molecule has 7 heteroatoms. The van der Waals surface area contributed by atoms with Crippen molar-refractivity contribution in [1.29, 1.82) is 0 Å². The molecule has 2 aliphatic rings. The summed E-state index contributed by atoms with van der Waals surface area (Å²) in [7, 11) is -0.896. The molecule has 3 heterocycles. The van der Waals surface area contributed by atoms with Gasteiger partial charge >= 0.3 is 7.12 Å². The van der Waals surface area contributed by atoms with E-state index >= 15 is 4.39 Å². The van der Waals surface area contributed by atoms with Crippen molar-refractivity contribution in [2.45, 2.75) is 77.9 Å². The minimum atomic E-state index is -0.896. The molecule has 1 unspecified atom stereocenters. The van der Waals surface area contributed by atoms with Crippen molar-refractivity contribution >= 4 is 12.9 Å². The average Bonchev–Trinajstić information content (AvgIpc) is 2.88. The van der Waals surface area contributed by atoms with Gasteiger partial charge in [-0.15, -0.1) is 0 Å². The summed E-state index contributed by atoms with van der Waals surface area (Å²) >= 11 is 0. The molecule has 0 amide bonds. The molecule has 0 saturated carbocycles. The maximum atomic E-state index is 15.0. The SMILES string of the molecule is CCC(C)c1cc(N2CCC(=C(F)B3OC(C)(C)C(C)(C)O3)CC2)ncn1. The predicted molar refractivity (Wildman–Crippen MR) is 106 cm³/mol. The van der Waals surface area contributed by atoms with Crippen LogP contribution in [-0.2, 0) is 9.31 Å². The molecule has 0 aromatic carbocycles. The van der Waals surface area contributed by atoms with Gasteiger partial charge in [-0.2, -0.15) is 0 Å². The Hall–Kier alpha value is -1.47. The molecular weight excluding hydrogens is 344 g/mol. The molecular formula is C20H31BFN3O2. The highest BCUT2D eigenvalue weighted by Crippen LogP contribution is 2.40. The van der Waals surface area contributed by atoms with Gasteiger partial charge in [0.25, 0.3) is 0 Å². The van der Waals surface area contributed by atoms with E-state index in [-0.39, 0.29) is 5.73 Å². The molecule has 1 atom stereocenters. The first-order valence-corrected chi connectivity index (χ1v) is 9.94. The van der Waals surface area contributed by atoms with Crippen LogP contribution in [0.1, 0.15) is 72.4 Å². The first-order valence-electron chi connectivity index (χ1n) is 9.94. The monoisotopic (exact) mass is 375 g/mol. The van der Waals surface area contributed by atoms with Crippen LogP contribution in [0.3, 0.4) is 0 Å². The molecule has 1 aromatic heterocycles. The summed E-state index contributed by atoms with van der Waals surface area (Å²) in [5.41, 5.74) is 0.553. The average molecular weight is 375 g/mol. The lowest BCUT2D eigenvalue weighted by molar-refractivity contribution is 0.00578. The van der Waals surface area contributed by atoms with Gasteiger partial charge in [0, 0.05) is 24.8 Å². The summed E-state index contributed by atoms with van der Waals surface area (Å²) < 4.78 is 26.7. The lowest BCUT2D eigenvalue weighted by atomic mass is 9.82. The topological polar surface area (TPSA) is 47.5 Å². The van der Waals surface area contributed by atoms with Crippen molar-refractivity contribution in [2.75, 3.05) is 18.0 Å². The highest BCUT2D eigenvalue weighted by Gasteiger charge is 2.53. The number of rotatable bonds is 4. The van der Waals surface area contributed by atoms with Crippen LogP contribution in [0, 0.1) is 0 Å². The van der Waals surface area contributed by atoms with Crippen LogP contribution < -0.4 is 4.90 Å². The largest absolute Gasteiger partial charge is 0.525 e. The summed E-state index contributed by atoms with van der Waals surface area (Å²) in [5.74, 6) is 1.34. The first-order chi connectivity index (χ1) is 12.6. The second-order valence-corrected chi connectivity index (χ2v) is 8.64. The van der Waals surface area contributed by atoms with Gasteiger partial charge in [0.05, 0.1) is 11.2 Å². The van der Waals surface area contributed by atoms with Crippen molar-refractivity contribution in [2.24, 2.45) is 0 Å². The molecule has 0 radical (unpaired) electrons. The van der Waals surface area contributed by atoms with Gasteiger partial charge in [0.15, 0.2) is 0 Å². The van der Waals surface area contributed by atoms with Crippen molar-refractivity contribution in [3.8, 4) is 0 Å². The summed E-state index contributed by atoms with van der Waals surface area (Å²) in [6, 6.07) is 2.06. The van der Waals surface area contributed by atoms with Gasteiger partial charge in [0.2, 0.25) is 0 Å². The maximum absolute atomic E-state index is 15.0. The van der Waals surface area contributed by atoms with Gasteiger partial charge in [-0.1, -0.05) is 13.8 Å². The Morgan fingerprint density at radius 2 is 1.78 bits per heavy atom. The van der Waals surface area contributed by atoms with Crippen LogP contribution in [0.15, 0.2) is 23.7 Å². The molecule has 148 valence electrons. The van der Waals surface area contributed by atoms with Gasteiger partial charge < -0.3 is 14.2 Å². The number of aromatic nitrogens is 2. The summed E-state index contributed by atoms with van der Waals surface area (Å²) in [4.78, 5) is 11.0. The molecule has 0 aliphatic carbocycles. The van der Waals surface area contributed by atoms with Crippen LogP contribution >= 0.6 is 0 Å². The van der Waals surface area contributed by atoms with Crippen LogP contribution in [0.25, 0.3) is 0 Å². The first kappa shape index (κ1) is 20.3. The zero-order valence-corrected chi connectivity index (χ0v) is 17.4. The number of hydrogen-bond donors (Lipinski definition) is 0. The molecule has 2 saturated heterocycles. The highest BCUT2D eigenvalue weighted by molar-refractivity contribution is 6.53. The Labute approximate surface area is 162 Å². The lowest BCUT2D eigenvalue weighted by Crippen LogP contribution is -2.41. The van der Waals surface area contributed by atoms with Crippen LogP contribution in [-0.4, -0.2) is 41.4 Å². The van der Waals surface area contributed by atoms with Gasteiger partial charge in [0.1, 0.15) is 17.9 Å². The van der Waals surface area contributed by atoms with E-state index in [9.17, 15) is 0 Å². The second kappa shape index (κ2) is 7.51. The van der Waals surface area contributed by atoms with Crippen LogP contribution in [0.2, 0.25) is 0 Å². The third-order valence-corrected chi connectivity index (χ3v) is 6.28. The fourth-order valence-electron chi connectivity index (χ4n) is 3.37. The van der Waals surface area contributed by atoms with Crippen LogP contribution in [0.4, 0.5) is 10.2 Å². The van der Waals surface area contributed by atoms with E-state index in [0.717, 1.165) is 36.6 Å². The fraction of sp³-hybridized carbons (Fsp3) is 0.700. The minimum Gasteiger partial charge on any atom is -0.398 e. The van der Waals surface area contributed by atoms with E-state index in [1.165, 1.54) is 0 Å². The van der Waals surface area contributed by atoms with Crippen molar-refractivity contribution in [3.05, 3.63) is 29.4 Å². The molecule has 0 N–H and O–H groups in total. The minimum absolute atomic E-state index is 0.253. The van der Waals surface area contributed by atoms with E-state index in [1.807, 2.05) is 27.7 Å². The van der Waals surface area contributed by atoms with Crippen molar-refractivity contribution in [3.63, 3.8) is 0 Å². The molecule has 27 heavy (non-hydrogen) atoms. The standard InChI is InChI=1S/C20H31BFN3O2/c1-7-14(2)16-12-17(24-13-23-16)25-10-8-15(9-11-25)18(22)21-26-19(3,4)20(5,6)27-21/h12-14H,7-11H2,1-6H3. The molecule has 5 nitrogen and oxygen atoms in total. The van der Waals surface area contributed by atoms with Crippen molar-refractivity contribution < 1.29 is 13.7 Å². The summed E-state index contributed by atoms with van der Waals surface area (Å²) in [6.45, 7) is 13.6. The molecule has 3 rings (SSSR count). The van der Waals surface area contributed by atoms with E-state index in [1.54, 1.807) is 6.33 Å². The Morgan fingerprint density at radius 1 is 1.19 bits per heavy atom. The number of anilines is 1. The molecule has 0 bridgehead atoms. The Balaban J connectivity index is 1.68. The highest BCUT2D eigenvalue weighted by atomic mass is 19.1. The van der Waals surface area contributed by atoms with E-state index in [4.69, 9.17) is 9.31 Å². The number of piperidine rings is 1. The fourth-order valence-corrected chi connectivity index (χ4v) is 3.37. The lowest BCUT2D eigenvalue weighted by Gasteiger charge is -2.32. The van der Waals surface area contributed by atoms with Crippen LogP contribution in [0.5, 0.6) is 0 Å². The molecule has 0 spiro atoms. The molecule has 1 aromatic rings. The number of nitrogens with zero attached hydrogens (tertiary/aromatic N) is 3.